The van der Waals surface area contributed by atoms with Gasteiger partial charge in [-0.25, -0.2) is 4.99 Å². The molecule has 0 spiro atoms. The van der Waals surface area contributed by atoms with Gasteiger partial charge >= 0.3 is 0 Å². The van der Waals surface area contributed by atoms with Gasteiger partial charge in [0.15, 0.2) is 0 Å². The van der Waals surface area contributed by atoms with Crippen molar-refractivity contribution in [3.63, 3.8) is 0 Å². The third kappa shape index (κ3) is 6.57. The van der Waals surface area contributed by atoms with E-state index in [1.165, 1.54) is 12.8 Å². The highest BCUT2D eigenvalue weighted by Crippen LogP contribution is 2.32. The molecule has 1 saturated carbocycles. The number of carbonyl (C=O) groups is 2. The highest BCUT2D eigenvalue weighted by molar-refractivity contribution is 6.32. The summed E-state index contributed by atoms with van der Waals surface area (Å²) in [4.78, 5) is 31.5. The Hall–Kier alpha value is -3.20. The first-order valence-electron chi connectivity index (χ1n) is 13.1. The van der Waals surface area contributed by atoms with Crippen LogP contribution in [0.2, 0.25) is 5.02 Å². The van der Waals surface area contributed by atoms with E-state index in [0.717, 1.165) is 38.8 Å². The van der Waals surface area contributed by atoms with Gasteiger partial charge in [0.05, 0.1) is 16.3 Å². The summed E-state index contributed by atoms with van der Waals surface area (Å²) in [6.45, 7) is 2.04. The number of likely N-dealkylation sites (tertiary alicyclic amines) is 1. The molecule has 1 aromatic carbocycles. The molecule has 0 bridgehead atoms. The van der Waals surface area contributed by atoms with Crippen LogP contribution in [-0.4, -0.2) is 62.4 Å². The Balaban J connectivity index is 1.41. The lowest BCUT2D eigenvalue weighted by Crippen LogP contribution is -2.44. The molecule has 4 rings (SSSR count). The zero-order valence-electron chi connectivity index (χ0n) is 21.6. The molecule has 9 nitrogen and oxygen atoms in total. The molecule has 2 heterocycles. The SMILES string of the molecule is CNC(=O)C1=CC(C(N)=Nc2ccc(OC3CCN(C(=O)C4CCCC4)CC3)c(Cl)c2)=C(NC)NCC1. The number of rotatable bonds is 7. The fourth-order valence-corrected chi connectivity index (χ4v) is 5.38. The van der Waals surface area contributed by atoms with Crippen LogP contribution in [0.25, 0.3) is 0 Å². The molecule has 1 aromatic rings. The highest BCUT2D eigenvalue weighted by Gasteiger charge is 2.30. The number of hydrogen-bond donors (Lipinski definition) is 4. The van der Waals surface area contributed by atoms with Crippen molar-refractivity contribution in [1.29, 1.82) is 0 Å². The number of nitrogens with zero attached hydrogens (tertiary/aromatic N) is 2. The lowest BCUT2D eigenvalue weighted by Gasteiger charge is -2.33. The fraction of sp³-hybridized carbons (Fsp3) is 0.519. The molecule has 0 radical (unpaired) electrons. The zero-order valence-corrected chi connectivity index (χ0v) is 22.4. The van der Waals surface area contributed by atoms with Gasteiger partial charge in [-0.1, -0.05) is 24.4 Å². The molecule has 0 atom stereocenters. The number of amides is 2. The summed E-state index contributed by atoms with van der Waals surface area (Å²) in [7, 11) is 3.39. The van der Waals surface area contributed by atoms with Crippen molar-refractivity contribution < 1.29 is 14.3 Å². The number of halogens is 1. The van der Waals surface area contributed by atoms with Crippen LogP contribution in [0.4, 0.5) is 5.69 Å². The van der Waals surface area contributed by atoms with Gasteiger partial charge in [-0.15, -0.1) is 0 Å². The predicted molar refractivity (Wildman–Crippen MR) is 146 cm³/mol. The Bertz CT molecular complexity index is 1100. The monoisotopic (exact) mass is 528 g/mol. The number of carbonyl (C=O) groups excluding carboxylic acids is 2. The Morgan fingerprint density at radius 1 is 1.16 bits per heavy atom. The summed E-state index contributed by atoms with van der Waals surface area (Å²) in [6, 6.07) is 5.32. The molecule has 37 heavy (non-hydrogen) atoms. The van der Waals surface area contributed by atoms with Crippen LogP contribution in [0.15, 0.2) is 46.2 Å². The third-order valence-corrected chi connectivity index (χ3v) is 7.54. The van der Waals surface area contributed by atoms with Gasteiger partial charge in [0, 0.05) is 58.1 Å². The van der Waals surface area contributed by atoms with Crippen molar-refractivity contribution in [2.24, 2.45) is 16.6 Å². The Labute approximate surface area is 223 Å². The first-order chi connectivity index (χ1) is 17.9. The van der Waals surface area contributed by atoms with Crippen molar-refractivity contribution in [3.8, 4) is 5.75 Å². The maximum Gasteiger partial charge on any atom is 0.247 e. The van der Waals surface area contributed by atoms with Gasteiger partial charge < -0.3 is 31.3 Å². The Morgan fingerprint density at radius 3 is 2.54 bits per heavy atom. The van der Waals surface area contributed by atoms with E-state index in [0.29, 0.717) is 52.3 Å². The molecule has 200 valence electrons. The van der Waals surface area contributed by atoms with Gasteiger partial charge in [0.2, 0.25) is 11.8 Å². The number of nitrogens with one attached hydrogen (secondary N) is 3. The van der Waals surface area contributed by atoms with Gasteiger partial charge in [-0.05, 0) is 43.5 Å². The Kier molecular flexibility index (Phi) is 8.97. The highest BCUT2D eigenvalue weighted by atomic mass is 35.5. The minimum Gasteiger partial charge on any atom is -0.489 e. The number of aliphatic imine (C=N–C) groups is 1. The van der Waals surface area contributed by atoms with Crippen LogP contribution in [0, 0.1) is 5.92 Å². The molecule has 3 aliphatic rings. The zero-order chi connectivity index (χ0) is 26.4. The molecule has 1 saturated heterocycles. The van der Waals surface area contributed by atoms with Crippen molar-refractivity contribution in [2.45, 2.75) is 51.0 Å². The van der Waals surface area contributed by atoms with Crippen LogP contribution >= 0.6 is 11.6 Å². The van der Waals surface area contributed by atoms with Crippen molar-refractivity contribution >= 4 is 34.9 Å². The number of benzene rings is 1. The molecule has 2 aliphatic heterocycles. The van der Waals surface area contributed by atoms with Gasteiger partial charge in [-0.2, -0.15) is 0 Å². The molecule has 5 N–H and O–H groups in total. The first kappa shape index (κ1) is 26.9. The molecular weight excluding hydrogens is 492 g/mol. The van der Waals surface area contributed by atoms with E-state index in [4.69, 9.17) is 22.1 Å². The Morgan fingerprint density at radius 2 is 1.89 bits per heavy atom. The molecule has 10 heteroatoms. The predicted octanol–water partition coefficient (Wildman–Crippen LogP) is 2.99. The fourth-order valence-electron chi connectivity index (χ4n) is 5.16. The molecule has 0 unspecified atom stereocenters. The van der Waals surface area contributed by atoms with E-state index in [1.54, 1.807) is 38.4 Å². The van der Waals surface area contributed by atoms with Gasteiger partial charge in [0.1, 0.15) is 23.5 Å². The number of likely N-dealkylation sites (N-methyl/N-ethyl adjacent to an activating group) is 1. The maximum absolute atomic E-state index is 12.7. The van der Waals surface area contributed by atoms with Gasteiger partial charge in [0.25, 0.3) is 0 Å². The smallest absolute Gasteiger partial charge is 0.247 e. The average Bonchev–Trinajstić information content (AvgIpc) is 3.36. The third-order valence-electron chi connectivity index (χ3n) is 7.25. The summed E-state index contributed by atoms with van der Waals surface area (Å²) < 4.78 is 6.19. The first-order valence-corrected chi connectivity index (χ1v) is 13.5. The lowest BCUT2D eigenvalue weighted by molar-refractivity contribution is -0.137. The van der Waals surface area contributed by atoms with Crippen molar-refractivity contribution in [1.82, 2.24) is 20.9 Å². The van der Waals surface area contributed by atoms with Crippen LogP contribution in [0.3, 0.4) is 0 Å². The number of piperidine rings is 1. The largest absolute Gasteiger partial charge is 0.489 e. The second-order valence-electron chi connectivity index (χ2n) is 9.70. The number of nitrogens with two attached hydrogens (primary N) is 1. The van der Waals surface area contributed by atoms with Crippen LogP contribution in [-0.2, 0) is 9.59 Å². The number of amidine groups is 1. The minimum absolute atomic E-state index is 0.0122. The van der Waals surface area contributed by atoms with Crippen LogP contribution in [0.5, 0.6) is 5.75 Å². The lowest BCUT2D eigenvalue weighted by atomic mass is 10.0. The van der Waals surface area contributed by atoms with Crippen molar-refractivity contribution in [3.05, 3.63) is 46.3 Å². The summed E-state index contributed by atoms with van der Waals surface area (Å²) in [5.41, 5.74) is 8.17. The molecule has 2 fully saturated rings. The molecule has 1 aliphatic carbocycles. The minimum atomic E-state index is -0.150. The number of ether oxygens (including phenoxy) is 1. The van der Waals surface area contributed by atoms with E-state index < -0.39 is 0 Å². The normalized spacial score (nSPS) is 19.7. The summed E-state index contributed by atoms with van der Waals surface area (Å²) in [5.74, 6) is 1.92. The van der Waals surface area contributed by atoms with Crippen LogP contribution in [0.1, 0.15) is 44.9 Å². The van der Waals surface area contributed by atoms with E-state index in [-0.39, 0.29) is 23.8 Å². The van der Waals surface area contributed by atoms with E-state index in [1.807, 2.05) is 4.90 Å². The standard InChI is InChI=1S/C27H37ClN6O3/c1-30-25-21(15-18(9-12-32-25)26(35)31-2)24(29)33-19-7-8-23(22(28)16-19)37-20-10-13-34(14-11-20)27(36)17-5-3-4-6-17/h7-8,15-17,20,30,32H,3-6,9-14H2,1-2H3,(H2,29,33)(H,31,35). The van der Waals surface area contributed by atoms with E-state index in [2.05, 4.69) is 20.9 Å². The topological polar surface area (TPSA) is 121 Å². The van der Waals surface area contributed by atoms with Gasteiger partial charge in [-0.3, -0.25) is 9.59 Å². The second kappa shape index (κ2) is 12.4. The van der Waals surface area contributed by atoms with Crippen LogP contribution < -0.4 is 26.4 Å². The average molecular weight is 529 g/mol. The molecular formula is C27H37ClN6O3. The molecule has 0 aromatic heterocycles. The summed E-state index contributed by atoms with van der Waals surface area (Å²) >= 11 is 6.55. The van der Waals surface area contributed by atoms with E-state index >= 15 is 0 Å². The van der Waals surface area contributed by atoms with Crippen molar-refractivity contribution in [2.75, 3.05) is 33.7 Å². The maximum atomic E-state index is 12.7. The molecule has 2 amide bonds. The summed E-state index contributed by atoms with van der Waals surface area (Å²) in [6.07, 6.45) is 8.29. The summed E-state index contributed by atoms with van der Waals surface area (Å²) in [5, 5.41) is 9.45. The number of hydrogen-bond acceptors (Lipinski definition) is 6. The second-order valence-corrected chi connectivity index (χ2v) is 10.1. The quantitative estimate of drug-likeness (QED) is 0.319. The van der Waals surface area contributed by atoms with E-state index in [9.17, 15) is 9.59 Å².